The first kappa shape index (κ1) is 15.9. The number of benzene rings is 1. The third-order valence-electron chi connectivity index (χ3n) is 3.15. The lowest BCUT2D eigenvalue weighted by Gasteiger charge is -2.09. The van der Waals surface area contributed by atoms with Gasteiger partial charge in [0, 0.05) is 23.0 Å². The molecule has 3 rings (SSSR count). The molecule has 0 aliphatic carbocycles. The summed E-state index contributed by atoms with van der Waals surface area (Å²) in [4.78, 5) is 20.3. The second-order valence-electron chi connectivity index (χ2n) is 4.82. The van der Waals surface area contributed by atoms with Crippen LogP contribution in [-0.4, -0.2) is 28.1 Å². The van der Waals surface area contributed by atoms with Crippen molar-refractivity contribution in [2.75, 3.05) is 12.4 Å². The van der Waals surface area contributed by atoms with Crippen molar-refractivity contribution in [3.63, 3.8) is 0 Å². The summed E-state index contributed by atoms with van der Waals surface area (Å²) in [6, 6.07) is 8.45. The molecule has 7 nitrogen and oxygen atoms in total. The Morgan fingerprint density at radius 3 is 2.83 bits per heavy atom. The van der Waals surface area contributed by atoms with Crippen molar-refractivity contribution in [2.24, 2.45) is 0 Å². The first-order chi connectivity index (χ1) is 11.7. The van der Waals surface area contributed by atoms with Crippen LogP contribution in [0.4, 0.5) is 5.69 Å². The molecule has 2 heterocycles. The molecule has 0 bridgehead atoms. The van der Waals surface area contributed by atoms with E-state index in [-0.39, 0.29) is 18.2 Å². The minimum Gasteiger partial charge on any atom is -0.495 e. The maximum Gasteiger partial charge on any atom is 0.258 e. The van der Waals surface area contributed by atoms with E-state index in [0.717, 1.165) is 5.56 Å². The molecule has 24 heavy (non-hydrogen) atoms. The zero-order valence-electron chi connectivity index (χ0n) is 12.7. The van der Waals surface area contributed by atoms with Crippen molar-refractivity contribution in [2.45, 2.75) is 6.42 Å². The zero-order chi connectivity index (χ0) is 16.9. The summed E-state index contributed by atoms with van der Waals surface area (Å²) in [6.45, 7) is 0. The Labute approximate surface area is 142 Å². The van der Waals surface area contributed by atoms with Crippen LogP contribution in [0, 0.1) is 0 Å². The van der Waals surface area contributed by atoms with Gasteiger partial charge in [0.1, 0.15) is 5.75 Å². The highest BCUT2D eigenvalue weighted by Gasteiger charge is 2.14. The molecule has 0 atom stereocenters. The van der Waals surface area contributed by atoms with Crippen LogP contribution in [0.25, 0.3) is 11.5 Å². The van der Waals surface area contributed by atoms with E-state index >= 15 is 0 Å². The van der Waals surface area contributed by atoms with Crippen LogP contribution in [0.15, 0.2) is 47.2 Å². The monoisotopic (exact) mass is 344 g/mol. The van der Waals surface area contributed by atoms with Crippen LogP contribution in [0.2, 0.25) is 5.02 Å². The van der Waals surface area contributed by atoms with Gasteiger partial charge in [-0.15, -0.1) is 0 Å². The van der Waals surface area contributed by atoms with Gasteiger partial charge in [-0.1, -0.05) is 16.8 Å². The number of ether oxygens (including phenoxy) is 1. The van der Waals surface area contributed by atoms with E-state index in [1.54, 1.807) is 42.7 Å². The Kier molecular flexibility index (Phi) is 4.72. The Bertz CT molecular complexity index is 852. The lowest BCUT2D eigenvalue weighted by atomic mass is 10.2. The van der Waals surface area contributed by atoms with Crippen molar-refractivity contribution < 1.29 is 14.1 Å². The van der Waals surface area contributed by atoms with Gasteiger partial charge in [-0.25, -0.2) is 0 Å². The topological polar surface area (TPSA) is 90.1 Å². The fraction of sp³-hybridized carbons (Fsp3) is 0.125. The van der Waals surface area contributed by atoms with Gasteiger partial charge in [-0.05, 0) is 30.3 Å². The van der Waals surface area contributed by atoms with Crippen molar-refractivity contribution in [1.82, 2.24) is 15.1 Å². The summed E-state index contributed by atoms with van der Waals surface area (Å²) in [7, 11) is 1.51. The highest BCUT2D eigenvalue weighted by atomic mass is 35.5. The molecule has 0 unspecified atom stereocenters. The number of carbonyl (C=O) groups excluding carboxylic acids is 1. The molecular formula is C16H13ClN4O3. The van der Waals surface area contributed by atoms with Crippen LogP contribution in [-0.2, 0) is 11.2 Å². The van der Waals surface area contributed by atoms with Crippen LogP contribution in [0.5, 0.6) is 5.75 Å². The number of anilines is 1. The van der Waals surface area contributed by atoms with E-state index in [4.69, 9.17) is 20.9 Å². The molecule has 1 aromatic carbocycles. The first-order valence-corrected chi connectivity index (χ1v) is 7.40. The van der Waals surface area contributed by atoms with Gasteiger partial charge in [0.15, 0.2) is 5.82 Å². The molecule has 3 aromatic rings. The van der Waals surface area contributed by atoms with Crippen LogP contribution in [0.1, 0.15) is 5.82 Å². The maximum absolute atomic E-state index is 12.2. The molecule has 0 fully saturated rings. The number of amides is 1. The zero-order valence-corrected chi connectivity index (χ0v) is 13.4. The van der Waals surface area contributed by atoms with Gasteiger partial charge in [0.25, 0.3) is 5.89 Å². The number of aromatic nitrogens is 3. The molecule has 0 saturated heterocycles. The molecule has 0 radical (unpaired) electrons. The van der Waals surface area contributed by atoms with E-state index in [1.807, 2.05) is 0 Å². The number of pyridine rings is 1. The number of rotatable bonds is 5. The summed E-state index contributed by atoms with van der Waals surface area (Å²) in [6.07, 6.45) is 3.21. The molecule has 0 spiro atoms. The largest absolute Gasteiger partial charge is 0.495 e. The SMILES string of the molecule is COc1ccc(Cl)cc1NC(=O)Cc1noc(-c2ccncc2)n1. The molecular weight excluding hydrogens is 332 g/mol. The maximum atomic E-state index is 12.2. The fourth-order valence-electron chi connectivity index (χ4n) is 2.05. The normalized spacial score (nSPS) is 10.4. The van der Waals surface area contributed by atoms with Gasteiger partial charge in [0.2, 0.25) is 5.91 Å². The van der Waals surface area contributed by atoms with E-state index < -0.39 is 0 Å². The second kappa shape index (κ2) is 7.10. The predicted octanol–water partition coefficient (Wildman–Crippen LogP) is 2.97. The van der Waals surface area contributed by atoms with Crippen LogP contribution in [0.3, 0.4) is 0 Å². The summed E-state index contributed by atoms with van der Waals surface area (Å²) in [5, 5.41) is 7.02. The van der Waals surface area contributed by atoms with E-state index in [1.165, 1.54) is 7.11 Å². The summed E-state index contributed by atoms with van der Waals surface area (Å²) in [5.41, 5.74) is 1.22. The van der Waals surface area contributed by atoms with Crippen LogP contribution >= 0.6 is 11.6 Å². The molecule has 1 N–H and O–H groups in total. The molecule has 0 aliphatic heterocycles. The van der Waals surface area contributed by atoms with Gasteiger partial charge in [-0.2, -0.15) is 4.98 Å². The lowest BCUT2D eigenvalue weighted by Crippen LogP contribution is -2.15. The molecule has 8 heteroatoms. The van der Waals surface area contributed by atoms with E-state index in [2.05, 4.69) is 20.4 Å². The number of hydrogen-bond acceptors (Lipinski definition) is 6. The minimum atomic E-state index is -0.308. The lowest BCUT2D eigenvalue weighted by molar-refractivity contribution is -0.115. The van der Waals surface area contributed by atoms with E-state index in [0.29, 0.717) is 22.4 Å². The summed E-state index contributed by atoms with van der Waals surface area (Å²) >= 11 is 5.94. The number of hydrogen-bond donors (Lipinski definition) is 1. The van der Waals surface area contributed by atoms with E-state index in [9.17, 15) is 4.79 Å². The van der Waals surface area contributed by atoms with Gasteiger partial charge in [0.05, 0.1) is 19.2 Å². The Hall–Kier alpha value is -2.93. The molecule has 122 valence electrons. The van der Waals surface area contributed by atoms with Gasteiger partial charge in [-0.3, -0.25) is 9.78 Å². The smallest absolute Gasteiger partial charge is 0.258 e. The Morgan fingerprint density at radius 1 is 1.29 bits per heavy atom. The average Bonchev–Trinajstić information content (AvgIpc) is 3.04. The summed E-state index contributed by atoms with van der Waals surface area (Å²) in [5.74, 6) is 0.817. The number of halogens is 1. The molecule has 2 aromatic heterocycles. The highest BCUT2D eigenvalue weighted by Crippen LogP contribution is 2.27. The summed E-state index contributed by atoms with van der Waals surface area (Å²) < 4.78 is 10.3. The Morgan fingerprint density at radius 2 is 2.08 bits per heavy atom. The molecule has 1 amide bonds. The quantitative estimate of drug-likeness (QED) is 0.765. The average molecular weight is 345 g/mol. The van der Waals surface area contributed by atoms with Gasteiger partial charge < -0.3 is 14.6 Å². The molecule has 0 saturated carbocycles. The second-order valence-corrected chi connectivity index (χ2v) is 5.26. The van der Waals surface area contributed by atoms with Crippen molar-refractivity contribution in [1.29, 1.82) is 0 Å². The third kappa shape index (κ3) is 3.69. The molecule has 0 aliphatic rings. The fourth-order valence-corrected chi connectivity index (χ4v) is 2.23. The number of nitrogens with zero attached hydrogens (tertiary/aromatic N) is 3. The number of nitrogens with one attached hydrogen (secondary N) is 1. The third-order valence-corrected chi connectivity index (χ3v) is 3.38. The van der Waals surface area contributed by atoms with Crippen molar-refractivity contribution >= 4 is 23.2 Å². The standard InChI is InChI=1S/C16H13ClN4O3/c1-23-13-3-2-11(17)8-12(13)19-15(22)9-14-20-16(24-21-14)10-4-6-18-7-5-10/h2-8H,9H2,1H3,(H,19,22). The predicted molar refractivity (Wildman–Crippen MR) is 87.9 cm³/mol. The highest BCUT2D eigenvalue weighted by molar-refractivity contribution is 6.31. The van der Waals surface area contributed by atoms with Gasteiger partial charge >= 0.3 is 0 Å². The number of carbonyl (C=O) groups is 1. The van der Waals surface area contributed by atoms with Crippen molar-refractivity contribution in [3.8, 4) is 17.2 Å². The Balaban J connectivity index is 1.70. The van der Waals surface area contributed by atoms with Crippen LogP contribution < -0.4 is 10.1 Å². The first-order valence-electron chi connectivity index (χ1n) is 7.02. The van der Waals surface area contributed by atoms with Crippen molar-refractivity contribution in [3.05, 3.63) is 53.6 Å². The number of methoxy groups -OCH3 is 1. The minimum absolute atomic E-state index is 0.0374.